The summed E-state index contributed by atoms with van der Waals surface area (Å²) < 4.78 is 23.5. The number of carbonyl (C=O) groups excluding carboxylic acids is 1. The van der Waals surface area contributed by atoms with Crippen LogP contribution in [0.4, 0.5) is 0 Å². The van der Waals surface area contributed by atoms with E-state index in [-0.39, 0.29) is 19.1 Å². The molecule has 0 rings (SSSR count). The van der Waals surface area contributed by atoms with E-state index in [0.29, 0.717) is 17.4 Å². The predicted molar refractivity (Wildman–Crippen MR) is 290 cm³/mol. The van der Waals surface area contributed by atoms with Crippen molar-refractivity contribution in [3.05, 3.63) is 134 Å². The topological polar surface area (TPSA) is 105 Å². The zero-order valence-electron chi connectivity index (χ0n) is 43.1. The first kappa shape index (κ1) is 63.6. The highest BCUT2D eigenvalue weighted by atomic mass is 31.2. The minimum Gasteiger partial charge on any atom is -0.387 e. The SMILES string of the molecule is CC/C=C\C/C=C\C/C=C\C/C=C\C/C=C\C/C=C\C/C=C\C/C=C\C/C=C\C/C=C\CCCCCCC(=O)NC(COP(=O)(O)OCC[N+](C)(C)C)C(O)/C=C/CCCCCCCCCC. The summed E-state index contributed by atoms with van der Waals surface area (Å²) in [5.74, 6) is -0.210. The van der Waals surface area contributed by atoms with Crippen LogP contribution in [0.1, 0.15) is 174 Å². The lowest BCUT2D eigenvalue weighted by atomic mass is 10.1. The lowest BCUT2D eigenvalue weighted by Crippen LogP contribution is -2.45. The fourth-order valence-electron chi connectivity index (χ4n) is 6.54. The lowest BCUT2D eigenvalue weighted by Gasteiger charge is -2.25. The fraction of sp³-hybridized carbons (Fsp3) is 0.603. The summed E-state index contributed by atoms with van der Waals surface area (Å²) in [7, 11) is 1.53. The minimum atomic E-state index is -4.35. The molecule has 0 aromatic heterocycles. The van der Waals surface area contributed by atoms with Crippen molar-refractivity contribution in [2.75, 3.05) is 40.9 Å². The van der Waals surface area contributed by atoms with Gasteiger partial charge in [-0.3, -0.25) is 13.8 Å². The number of likely N-dealkylation sites (N-methyl/N-ethyl adjacent to an activating group) is 1. The van der Waals surface area contributed by atoms with Crippen LogP contribution < -0.4 is 5.32 Å². The summed E-state index contributed by atoms with van der Waals surface area (Å²) in [4.78, 5) is 23.1. The number of phosphoric acid groups is 1. The van der Waals surface area contributed by atoms with E-state index in [1.165, 1.54) is 38.5 Å². The van der Waals surface area contributed by atoms with Gasteiger partial charge in [0.05, 0.1) is 39.9 Å². The molecule has 8 nitrogen and oxygen atoms in total. The number of unbranched alkanes of at least 4 members (excludes halogenated alkanes) is 12. The molecule has 1 amide bonds. The van der Waals surface area contributed by atoms with Gasteiger partial charge in [0.2, 0.25) is 5.91 Å². The van der Waals surface area contributed by atoms with Crippen LogP contribution in [0.3, 0.4) is 0 Å². The Hall–Kier alpha value is -3.36. The maximum Gasteiger partial charge on any atom is 0.472 e. The van der Waals surface area contributed by atoms with E-state index >= 15 is 0 Å². The quantitative estimate of drug-likeness (QED) is 0.0243. The molecular formula is C58H98N2O6P+. The Balaban J connectivity index is 4.23. The van der Waals surface area contributed by atoms with Crippen molar-refractivity contribution in [1.82, 2.24) is 5.32 Å². The molecule has 0 aliphatic heterocycles. The molecule has 3 unspecified atom stereocenters. The summed E-state index contributed by atoms with van der Waals surface area (Å²) in [6.45, 7) is 4.62. The Morgan fingerprint density at radius 1 is 0.522 bits per heavy atom. The molecule has 3 N–H and O–H groups in total. The van der Waals surface area contributed by atoms with Gasteiger partial charge in [0.25, 0.3) is 0 Å². The second-order valence-corrected chi connectivity index (χ2v) is 19.6. The number of aliphatic hydroxyl groups is 1. The van der Waals surface area contributed by atoms with Gasteiger partial charge in [-0.1, -0.05) is 205 Å². The summed E-state index contributed by atoms with van der Waals surface area (Å²) >= 11 is 0. The minimum absolute atomic E-state index is 0.0484. The number of phosphoric ester groups is 1. The highest BCUT2D eigenvalue weighted by Gasteiger charge is 2.27. The van der Waals surface area contributed by atoms with Crippen molar-refractivity contribution in [1.29, 1.82) is 0 Å². The maximum absolute atomic E-state index is 12.9. The van der Waals surface area contributed by atoms with E-state index in [1.807, 2.05) is 27.2 Å². The number of aliphatic hydroxyl groups excluding tert-OH is 1. The second-order valence-electron chi connectivity index (χ2n) is 18.2. The summed E-state index contributed by atoms with van der Waals surface area (Å²) in [6.07, 6.45) is 72.6. The zero-order valence-corrected chi connectivity index (χ0v) is 44.0. The number of nitrogens with zero attached hydrogens (tertiary/aromatic N) is 1. The Kier molecular flexibility index (Phi) is 45.3. The Morgan fingerprint density at radius 3 is 1.31 bits per heavy atom. The average Bonchev–Trinajstić information content (AvgIpc) is 3.29. The summed E-state index contributed by atoms with van der Waals surface area (Å²) in [5, 5.41) is 13.8. The number of carbonyl (C=O) groups is 1. The first-order valence-corrected chi connectivity index (χ1v) is 27.6. The number of nitrogens with one attached hydrogen (secondary N) is 1. The van der Waals surface area contributed by atoms with Gasteiger partial charge in [-0.25, -0.2) is 4.57 Å². The molecule has 0 aromatic rings. The summed E-state index contributed by atoms with van der Waals surface area (Å²) in [6, 6.07) is -0.868. The zero-order chi connectivity index (χ0) is 49.2. The van der Waals surface area contributed by atoms with E-state index in [4.69, 9.17) is 9.05 Å². The van der Waals surface area contributed by atoms with Crippen LogP contribution in [0.2, 0.25) is 0 Å². The molecule has 0 aliphatic rings. The molecule has 0 spiro atoms. The van der Waals surface area contributed by atoms with Crippen molar-refractivity contribution in [3.8, 4) is 0 Å². The smallest absolute Gasteiger partial charge is 0.387 e. The summed E-state index contributed by atoms with van der Waals surface area (Å²) in [5.41, 5.74) is 0. The first-order valence-electron chi connectivity index (χ1n) is 26.1. The third kappa shape index (κ3) is 50.3. The van der Waals surface area contributed by atoms with Gasteiger partial charge in [0.15, 0.2) is 0 Å². The van der Waals surface area contributed by atoms with Crippen LogP contribution >= 0.6 is 7.82 Å². The number of hydrogen-bond acceptors (Lipinski definition) is 5. The molecule has 67 heavy (non-hydrogen) atoms. The first-order chi connectivity index (χ1) is 32.5. The molecule has 0 saturated heterocycles. The van der Waals surface area contributed by atoms with Gasteiger partial charge < -0.3 is 19.8 Å². The Morgan fingerprint density at radius 2 is 0.896 bits per heavy atom. The van der Waals surface area contributed by atoms with Crippen molar-refractivity contribution >= 4 is 13.7 Å². The second kappa shape index (κ2) is 47.7. The van der Waals surface area contributed by atoms with Crippen LogP contribution in [0.15, 0.2) is 134 Å². The van der Waals surface area contributed by atoms with Crippen molar-refractivity contribution < 1.29 is 32.9 Å². The van der Waals surface area contributed by atoms with E-state index in [0.717, 1.165) is 116 Å². The molecule has 0 bridgehead atoms. The molecule has 0 radical (unpaired) electrons. The molecule has 3 atom stereocenters. The van der Waals surface area contributed by atoms with Gasteiger partial charge in [-0.05, 0) is 96.3 Å². The molecule has 0 aliphatic carbocycles. The molecule has 380 valence electrons. The number of allylic oxidation sites excluding steroid dienone is 21. The van der Waals surface area contributed by atoms with Crippen molar-refractivity contribution in [3.63, 3.8) is 0 Å². The molecular weight excluding hydrogens is 852 g/mol. The molecule has 0 heterocycles. The maximum atomic E-state index is 12.9. The fourth-order valence-corrected chi connectivity index (χ4v) is 7.27. The average molecular weight is 950 g/mol. The molecule has 0 fully saturated rings. The largest absolute Gasteiger partial charge is 0.472 e. The number of rotatable bonds is 45. The molecule has 9 heteroatoms. The number of amides is 1. The van der Waals surface area contributed by atoms with Gasteiger partial charge in [-0.15, -0.1) is 0 Å². The normalized spacial score (nSPS) is 15.1. The van der Waals surface area contributed by atoms with Crippen molar-refractivity contribution in [2.45, 2.75) is 187 Å². The van der Waals surface area contributed by atoms with E-state index < -0.39 is 20.0 Å². The third-order valence-corrected chi connectivity index (χ3v) is 11.6. The molecule has 0 aromatic carbocycles. The van der Waals surface area contributed by atoms with Gasteiger partial charge in [-0.2, -0.15) is 0 Å². The van der Waals surface area contributed by atoms with E-state index in [9.17, 15) is 19.4 Å². The van der Waals surface area contributed by atoms with Crippen LogP contribution in [0.25, 0.3) is 0 Å². The van der Waals surface area contributed by atoms with E-state index in [2.05, 4.69) is 141 Å². The predicted octanol–water partition coefficient (Wildman–Crippen LogP) is 15.6. The number of hydrogen-bond donors (Lipinski definition) is 3. The van der Waals surface area contributed by atoms with Crippen LogP contribution in [-0.4, -0.2) is 73.4 Å². The van der Waals surface area contributed by atoms with Gasteiger partial charge in [0, 0.05) is 6.42 Å². The highest BCUT2D eigenvalue weighted by molar-refractivity contribution is 7.47. The highest BCUT2D eigenvalue weighted by Crippen LogP contribution is 2.43. The third-order valence-electron chi connectivity index (χ3n) is 10.6. The molecule has 0 saturated carbocycles. The van der Waals surface area contributed by atoms with Gasteiger partial charge >= 0.3 is 7.82 Å². The van der Waals surface area contributed by atoms with E-state index in [1.54, 1.807) is 6.08 Å². The Bertz CT molecular complexity index is 1540. The van der Waals surface area contributed by atoms with Crippen LogP contribution in [0, 0.1) is 0 Å². The lowest BCUT2D eigenvalue weighted by molar-refractivity contribution is -0.870. The monoisotopic (exact) mass is 950 g/mol. The standard InChI is InChI=1S/C58H97N2O6P/c1-6-8-10-12-14-16-18-19-20-21-22-23-24-25-26-27-28-29-30-31-32-33-34-35-36-37-38-39-40-41-42-44-46-48-50-52-58(62)59-56(55-66-67(63,64)65-54-53-60(3,4)5)57(61)51-49-47-45-43-17-15-13-11-9-7-2/h8,10,14,16,19-20,22-23,25-26,28-29,31-32,34-35,37-38,40-41,49,51,56-57,61H,6-7,9,11-13,15,17-18,21,24,27,30,33,36,39,42-48,50,52-55H2,1-5H3,(H-,59,62,63,64)/p+1/b10-8-,16-14-,20-19-,23-22-,26-25-,29-28-,32-31-,35-34-,38-37-,41-40-,51-49+. The van der Waals surface area contributed by atoms with Crippen LogP contribution in [-0.2, 0) is 18.4 Å². The Labute approximate surface area is 411 Å². The van der Waals surface area contributed by atoms with Crippen LogP contribution in [0.5, 0.6) is 0 Å². The number of quaternary nitrogens is 1. The van der Waals surface area contributed by atoms with Gasteiger partial charge in [0.1, 0.15) is 13.2 Å². The van der Waals surface area contributed by atoms with Crippen molar-refractivity contribution in [2.24, 2.45) is 0 Å².